The van der Waals surface area contributed by atoms with E-state index in [2.05, 4.69) is 9.97 Å². The summed E-state index contributed by atoms with van der Waals surface area (Å²) in [6.45, 7) is 1.99. The van der Waals surface area contributed by atoms with E-state index in [9.17, 15) is 0 Å². The number of rotatable bonds is 1. The Morgan fingerprint density at radius 2 is 2.00 bits per heavy atom. The predicted octanol–water partition coefficient (Wildman–Crippen LogP) is 1.13. The summed E-state index contributed by atoms with van der Waals surface area (Å²) in [5.41, 5.74) is 2.02. The van der Waals surface area contributed by atoms with E-state index in [0.29, 0.717) is 0 Å². The van der Waals surface area contributed by atoms with E-state index in [1.807, 2.05) is 42.5 Å². The first-order chi connectivity index (χ1) is 6.18. The molecule has 0 radical (unpaired) electrons. The average Bonchev–Trinajstić information content (AvgIpc) is 2.60. The van der Waals surface area contributed by atoms with Gasteiger partial charge in [-0.25, -0.2) is 9.97 Å². The van der Waals surface area contributed by atoms with Crippen LogP contribution in [0.25, 0.3) is 11.4 Å². The molecule has 68 valence electrons. The van der Waals surface area contributed by atoms with Gasteiger partial charge in [0.25, 0.3) is 0 Å². The molecule has 0 amide bonds. The van der Waals surface area contributed by atoms with E-state index in [0.717, 1.165) is 17.2 Å². The second-order valence-corrected chi connectivity index (χ2v) is 3.17. The highest BCUT2D eigenvalue weighted by atomic mass is 15.1. The second-order valence-electron chi connectivity index (χ2n) is 3.17. The molecule has 4 heteroatoms. The molecule has 0 spiro atoms. The van der Waals surface area contributed by atoms with Crippen molar-refractivity contribution in [3.63, 3.8) is 0 Å². The Kier molecular flexibility index (Phi) is 1.69. The molecule has 0 atom stereocenters. The van der Waals surface area contributed by atoms with Crippen molar-refractivity contribution in [1.82, 2.24) is 19.1 Å². The molecule has 0 bridgehead atoms. The topological polar surface area (TPSA) is 35.6 Å². The van der Waals surface area contributed by atoms with Crippen molar-refractivity contribution in [1.29, 1.82) is 0 Å². The van der Waals surface area contributed by atoms with Crippen LogP contribution in [0.1, 0.15) is 5.82 Å². The molecule has 0 N–H and O–H groups in total. The second kappa shape index (κ2) is 2.73. The molecular weight excluding hydrogens is 164 g/mol. The molecule has 13 heavy (non-hydrogen) atoms. The number of nitrogens with zero attached hydrogens (tertiary/aromatic N) is 4. The van der Waals surface area contributed by atoms with Gasteiger partial charge >= 0.3 is 0 Å². The summed E-state index contributed by atoms with van der Waals surface area (Å²) in [5, 5.41) is 0. The third kappa shape index (κ3) is 1.24. The fourth-order valence-electron chi connectivity index (χ4n) is 1.29. The number of aromatic nitrogens is 4. The van der Waals surface area contributed by atoms with Gasteiger partial charge in [0.1, 0.15) is 11.5 Å². The third-order valence-electron chi connectivity index (χ3n) is 2.19. The van der Waals surface area contributed by atoms with Crippen LogP contribution in [0.5, 0.6) is 0 Å². The van der Waals surface area contributed by atoms with Crippen LogP contribution in [0.4, 0.5) is 0 Å². The zero-order valence-electron chi connectivity index (χ0n) is 8.02. The molecule has 0 saturated heterocycles. The molecule has 0 unspecified atom stereocenters. The quantitative estimate of drug-likeness (QED) is 0.653. The fourth-order valence-corrected chi connectivity index (χ4v) is 1.29. The Labute approximate surface area is 76.9 Å². The van der Waals surface area contributed by atoms with Crippen LogP contribution >= 0.6 is 0 Å². The van der Waals surface area contributed by atoms with Gasteiger partial charge in [-0.3, -0.25) is 0 Å². The van der Waals surface area contributed by atoms with E-state index in [4.69, 9.17) is 0 Å². The van der Waals surface area contributed by atoms with Gasteiger partial charge in [0.2, 0.25) is 0 Å². The number of hydrogen-bond acceptors (Lipinski definition) is 2. The van der Waals surface area contributed by atoms with Crippen LogP contribution in [0.3, 0.4) is 0 Å². The lowest BCUT2D eigenvalue weighted by molar-refractivity contribution is 0.858. The summed E-state index contributed by atoms with van der Waals surface area (Å²) < 4.78 is 3.96. The highest BCUT2D eigenvalue weighted by molar-refractivity contribution is 5.52. The van der Waals surface area contributed by atoms with E-state index in [1.165, 1.54) is 0 Å². The SMILES string of the molecule is Cc1nc(-c2cncn2C)cn1C. The maximum atomic E-state index is 4.42. The molecular formula is C9H12N4. The summed E-state index contributed by atoms with van der Waals surface area (Å²) in [5.74, 6) is 1.01. The molecule has 0 aliphatic heterocycles. The predicted molar refractivity (Wildman–Crippen MR) is 50.1 cm³/mol. The minimum absolute atomic E-state index is 0.972. The van der Waals surface area contributed by atoms with Crippen molar-refractivity contribution in [3.05, 3.63) is 24.5 Å². The lowest BCUT2D eigenvalue weighted by Gasteiger charge is -1.95. The molecule has 0 aromatic carbocycles. The summed E-state index contributed by atoms with van der Waals surface area (Å²) >= 11 is 0. The number of hydrogen-bond donors (Lipinski definition) is 0. The fraction of sp³-hybridized carbons (Fsp3) is 0.333. The van der Waals surface area contributed by atoms with E-state index >= 15 is 0 Å². The largest absolute Gasteiger partial charge is 0.338 e. The van der Waals surface area contributed by atoms with E-state index < -0.39 is 0 Å². The first-order valence-electron chi connectivity index (χ1n) is 4.15. The van der Waals surface area contributed by atoms with Crippen LogP contribution in [0.2, 0.25) is 0 Å². The van der Waals surface area contributed by atoms with Gasteiger partial charge in [-0.05, 0) is 6.92 Å². The van der Waals surface area contributed by atoms with Gasteiger partial charge in [-0.15, -0.1) is 0 Å². The maximum absolute atomic E-state index is 4.42. The maximum Gasteiger partial charge on any atom is 0.107 e. The molecule has 0 aliphatic rings. The lowest BCUT2D eigenvalue weighted by Crippen LogP contribution is -1.88. The summed E-state index contributed by atoms with van der Waals surface area (Å²) in [6, 6.07) is 0. The van der Waals surface area contributed by atoms with Crippen LogP contribution < -0.4 is 0 Å². The summed E-state index contributed by atoms with van der Waals surface area (Å²) in [7, 11) is 3.95. The van der Waals surface area contributed by atoms with Crippen molar-refractivity contribution in [2.45, 2.75) is 6.92 Å². The van der Waals surface area contributed by atoms with Crippen molar-refractivity contribution in [3.8, 4) is 11.4 Å². The highest BCUT2D eigenvalue weighted by Crippen LogP contribution is 2.16. The van der Waals surface area contributed by atoms with Gasteiger partial charge in [-0.1, -0.05) is 0 Å². The molecule has 2 aromatic rings. The van der Waals surface area contributed by atoms with Gasteiger partial charge in [0, 0.05) is 20.3 Å². The van der Waals surface area contributed by atoms with Crippen molar-refractivity contribution in [2.75, 3.05) is 0 Å². The van der Waals surface area contributed by atoms with Gasteiger partial charge in [-0.2, -0.15) is 0 Å². The molecule has 0 aliphatic carbocycles. The molecule has 2 rings (SSSR count). The monoisotopic (exact) mass is 176 g/mol. The number of aryl methyl sites for hydroxylation is 3. The van der Waals surface area contributed by atoms with Crippen molar-refractivity contribution in [2.24, 2.45) is 14.1 Å². The Morgan fingerprint density at radius 1 is 1.23 bits per heavy atom. The molecule has 4 nitrogen and oxygen atoms in total. The minimum atomic E-state index is 0.972. The smallest absolute Gasteiger partial charge is 0.107 e. The summed E-state index contributed by atoms with van der Waals surface area (Å²) in [6.07, 6.45) is 5.60. The van der Waals surface area contributed by atoms with E-state index in [1.54, 1.807) is 6.33 Å². The van der Waals surface area contributed by atoms with Crippen LogP contribution in [-0.4, -0.2) is 19.1 Å². The zero-order chi connectivity index (χ0) is 9.42. The van der Waals surface area contributed by atoms with Gasteiger partial charge in [0.05, 0.1) is 18.2 Å². The third-order valence-corrected chi connectivity index (χ3v) is 2.19. The highest BCUT2D eigenvalue weighted by Gasteiger charge is 2.06. The molecule has 0 fully saturated rings. The van der Waals surface area contributed by atoms with Gasteiger partial charge < -0.3 is 9.13 Å². The Hall–Kier alpha value is -1.58. The van der Waals surface area contributed by atoms with Gasteiger partial charge in [0.15, 0.2) is 0 Å². The lowest BCUT2D eigenvalue weighted by atomic mass is 10.3. The molecule has 2 aromatic heterocycles. The van der Waals surface area contributed by atoms with Crippen LogP contribution in [0.15, 0.2) is 18.7 Å². The molecule has 0 saturated carbocycles. The van der Waals surface area contributed by atoms with Crippen LogP contribution in [0, 0.1) is 6.92 Å². The average molecular weight is 176 g/mol. The van der Waals surface area contributed by atoms with Crippen molar-refractivity contribution >= 4 is 0 Å². The first kappa shape index (κ1) is 8.04. The standard InChI is InChI=1S/C9H12N4/c1-7-11-8(5-12(7)2)9-4-10-6-13(9)3/h4-6H,1-3H3. The zero-order valence-corrected chi connectivity index (χ0v) is 8.02. The summed E-state index contributed by atoms with van der Waals surface area (Å²) in [4.78, 5) is 8.47. The minimum Gasteiger partial charge on any atom is -0.338 e. The Morgan fingerprint density at radius 3 is 2.46 bits per heavy atom. The number of imidazole rings is 2. The Bertz CT molecular complexity index is 405. The first-order valence-corrected chi connectivity index (χ1v) is 4.15. The normalized spacial score (nSPS) is 10.7. The molecule has 2 heterocycles. The van der Waals surface area contributed by atoms with Crippen LogP contribution in [-0.2, 0) is 14.1 Å². The van der Waals surface area contributed by atoms with Crippen molar-refractivity contribution < 1.29 is 0 Å². The Balaban J connectivity index is 2.53. The van der Waals surface area contributed by atoms with E-state index in [-0.39, 0.29) is 0 Å².